The molecule has 1 aromatic carbocycles. The van der Waals surface area contributed by atoms with Crippen molar-refractivity contribution in [2.45, 2.75) is 33.2 Å². The third-order valence-corrected chi connectivity index (χ3v) is 7.37. The smallest absolute Gasteiger partial charge is 0.264 e. The summed E-state index contributed by atoms with van der Waals surface area (Å²) in [5.41, 5.74) is 3.08. The molecule has 0 atom stereocenters. The van der Waals surface area contributed by atoms with Gasteiger partial charge in [-0.2, -0.15) is 4.52 Å². The van der Waals surface area contributed by atoms with Crippen LogP contribution in [0.15, 0.2) is 41.8 Å². The minimum absolute atomic E-state index is 0.123. The molecule has 1 aliphatic rings. The van der Waals surface area contributed by atoms with Gasteiger partial charge in [-0.25, -0.2) is 4.98 Å². The van der Waals surface area contributed by atoms with E-state index in [1.54, 1.807) is 11.3 Å². The van der Waals surface area contributed by atoms with Gasteiger partial charge in [0.15, 0.2) is 5.82 Å². The molecule has 1 aliphatic heterocycles. The van der Waals surface area contributed by atoms with Crippen LogP contribution in [0.25, 0.3) is 16.2 Å². The standard InChI is InChI=1S/C24H28N6OS2/c1-16-7-5-8-17(15-16)19-20(26-24(2,3)4)30-22(25-19)33-23(27-30)29-12-10-28(11-13-29)21(31)18-9-6-14-32-18/h5-9,14-15,26H,10-13H2,1-4H3. The molecular formula is C24H28N6OS2. The predicted octanol–water partition coefficient (Wildman–Crippen LogP) is 5.00. The number of nitrogens with zero attached hydrogens (tertiary/aromatic N) is 5. The molecule has 1 saturated heterocycles. The minimum atomic E-state index is -0.133. The first kappa shape index (κ1) is 21.9. The highest BCUT2D eigenvalue weighted by atomic mass is 32.1. The summed E-state index contributed by atoms with van der Waals surface area (Å²) in [5, 5.41) is 11.4. The summed E-state index contributed by atoms with van der Waals surface area (Å²) < 4.78 is 1.94. The molecular weight excluding hydrogens is 452 g/mol. The monoisotopic (exact) mass is 480 g/mol. The van der Waals surface area contributed by atoms with E-state index in [4.69, 9.17) is 10.1 Å². The van der Waals surface area contributed by atoms with Crippen LogP contribution in [-0.2, 0) is 0 Å². The molecule has 1 amide bonds. The zero-order valence-corrected chi connectivity index (χ0v) is 21.0. The van der Waals surface area contributed by atoms with Gasteiger partial charge in [0.1, 0.15) is 5.69 Å². The van der Waals surface area contributed by atoms with E-state index in [-0.39, 0.29) is 11.4 Å². The van der Waals surface area contributed by atoms with Crippen LogP contribution in [0.2, 0.25) is 0 Å². The number of aryl methyl sites for hydroxylation is 1. The van der Waals surface area contributed by atoms with E-state index in [1.807, 2.05) is 26.9 Å². The Bertz CT molecular complexity index is 1280. The first-order valence-electron chi connectivity index (χ1n) is 11.1. The van der Waals surface area contributed by atoms with E-state index >= 15 is 0 Å². The average Bonchev–Trinajstić information content (AvgIpc) is 3.50. The van der Waals surface area contributed by atoms with Gasteiger partial charge in [0.25, 0.3) is 5.91 Å². The van der Waals surface area contributed by atoms with E-state index in [9.17, 15) is 4.79 Å². The molecule has 0 saturated carbocycles. The lowest BCUT2D eigenvalue weighted by molar-refractivity contribution is 0.0751. The van der Waals surface area contributed by atoms with E-state index < -0.39 is 0 Å². The van der Waals surface area contributed by atoms with Crippen LogP contribution >= 0.6 is 22.7 Å². The second kappa shape index (κ2) is 8.46. The molecule has 33 heavy (non-hydrogen) atoms. The lowest BCUT2D eigenvalue weighted by Gasteiger charge is -2.34. The van der Waals surface area contributed by atoms with Gasteiger partial charge in [0.2, 0.25) is 10.1 Å². The molecule has 1 N–H and O–H groups in total. The summed E-state index contributed by atoms with van der Waals surface area (Å²) in [6.07, 6.45) is 0. The van der Waals surface area contributed by atoms with Gasteiger partial charge < -0.3 is 15.1 Å². The van der Waals surface area contributed by atoms with Crippen molar-refractivity contribution in [3.63, 3.8) is 0 Å². The van der Waals surface area contributed by atoms with Crippen molar-refractivity contribution in [2.75, 3.05) is 36.4 Å². The highest BCUT2D eigenvalue weighted by molar-refractivity contribution is 7.20. The quantitative estimate of drug-likeness (QED) is 0.445. The Morgan fingerprint density at radius 3 is 2.55 bits per heavy atom. The van der Waals surface area contributed by atoms with Crippen molar-refractivity contribution in [3.05, 3.63) is 52.2 Å². The number of imidazole rings is 1. The Balaban J connectivity index is 1.41. The maximum absolute atomic E-state index is 12.7. The van der Waals surface area contributed by atoms with Gasteiger partial charge in [0, 0.05) is 37.3 Å². The minimum Gasteiger partial charge on any atom is -0.364 e. The molecule has 0 bridgehead atoms. The number of benzene rings is 1. The fourth-order valence-corrected chi connectivity index (χ4v) is 5.63. The first-order chi connectivity index (χ1) is 15.8. The number of aromatic nitrogens is 3. The normalized spacial score (nSPS) is 14.8. The summed E-state index contributed by atoms with van der Waals surface area (Å²) in [6, 6.07) is 12.2. The van der Waals surface area contributed by atoms with Crippen molar-refractivity contribution in [1.82, 2.24) is 19.5 Å². The topological polar surface area (TPSA) is 65.8 Å². The van der Waals surface area contributed by atoms with Gasteiger partial charge in [0.05, 0.1) is 4.88 Å². The molecule has 5 rings (SSSR count). The van der Waals surface area contributed by atoms with Crippen LogP contribution in [-0.4, -0.2) is 57.1 Å². The molecule has 1 fully saturated rings. The number of thiophene rings is 1. The van der Waals surface area contributed by atoms with Crippen LogP contribution in [0.4, 0.5) is 10.9 Å². The summed E-state index contributed by atoms with van der Waals surface area (Å²) in [6.45, 7) is 11.4. The zero-order chi connectivity index (χ0) is 23.2. The highest BCUT2D eigenvalue weighted by Gasteiger charge is 2.27. The van der Waals surface area contributed by atoms with Crippen LogP contribution in [0, 0.1) is 6.92 Å². The Morgan fingerprint density at radius 1 is 1.09 bits per heavy atom. The number of anilines is 2. The molecule has 4 aromatic rings. The molecule has 172 valence electrons. The SMILES string of the molecule is Cc1cccc(-c2nc3sc(N4CCN(C(=O)c5cccs5)CC4)nn3c2NC(C)(C)C)c1. The summed E-state index contributed by atoms with van der Waals surface area (Å²) in [4.78, 5) is 23.5. The van der Waals surface area contributed by atoms with Crippen molar-refractivity contribution in [1.29, 1.82) is 0 Å². The number of nitrogens with one attached hydrogen (secondary N) is 1. The van der Waals surface area contributed by atoms with Gasteiger partial charge in [-0.1, -0.05) is 41.2 Å². The van der Waals surface area contributed by atoms with Gasteiger partial charge >= 0.3 is 0 Å². The van der Waals surface area contributed by atoms with Gasteiger partial charge in [-0.15, -0.1) is 16.4 Å². The highest BCUT2D eigenvalue weighted by Crippen LogP contribution is 2.35. The number of rotatable bonds is 4. The number of piperazine rings is 1. The third kappa shape index (κ3) is 4.47. The third-order valence-electron chi connectivity index (χ3n) is 5.55. The molecule has 4 heterocycles. The lowest BCUT2D eigenvalue weighted by Crippen LogP contribution is -2.48. The van der Waals surface area contributed by atoms with Gasteiger partial charge in [-0.05, 0) is 45.2 Å². The second-order valence-electron chi connectivity index (χ2n) is 9.39. The number of fused-ring (bicyclic) bond motifs is 1. The first-order valence-corrected chi connectivity index (χ1v) is 12.8. The largest absolute Gasteiger partial charge is 0.364 e. The Morgan fingerprint density at radius 2 is 1.88 bits per heavy atom. The molecule has 3 aromatic heterocycles. The number of hydrogen-bond donors (Lipinski definition) is 1. The van der Waals surface area contributed by atoms with Crippen LogP contribution in [0.1, 0.15) is 36.0 Å². The molecule has 7 nitrogen and oxygen atoms in total. The molecule has 0 spiro atoms. The Kier molecular flexibility index (Phi) is 5.62. The molecule has 0 radical (unpaired) electrons. The van der Waals surface area contributed by atoms with Crippen molar-refractivity contribution >= 4 is 44.5 Å². The van der Waals surface area contributed by atoms with Crippen molar-refractivity contribution in [2.24, 2.45) is 0 Å². The molecule has 0 aliphatic carbocycles. The number of amides is 1. The Labute approximate surface area is 201 Å². The number of carbonyl (C=O) groups excluding carboxylic acids is 1. The zero-order valence-electron chi connectivity index (χ0n) is 19.3. The van der Waals surface area contributed by atoms with Crippen LogP contribution in [0.3, 0.4) is 0 Å². The summed E-state index contributed by atoms with van der Waals surface area (Å²) in [7, 11) is 0. The van der Waals surface area contributed by atoms with E-state index in [0.29, 0.717) is 13.1 Å². The Hall–Kier alpha value is -2.91. The summed E-state index contributed by atoms with van der Waals surface area (Å²) >= 11 is 3.09. The molecule has 0 unspecified atom stereocenters. The fraction of sp³-hybridized carbons (Fsp3) is 0.375. The van der Waals surface area contributed by atoms with Crippen LogP contribution < -0.4 is 10.2 Å². The van der Waals surface area contributed by atoms with Crippen molar-refractivity contribution < 1.29 is 4.79 Å². The number of carbonyl (C=O) groups is 1. The number of hydrogen-bond acceptors (Lipinski definition) is 7. The predicted molar refractivity (Wildman–Crippen MR) is 137 cm³/mol. The maximum Gasteiger partial charge on any atom is 0.264 e. The second-order valence-corrected chi connectivity index (χ2v) is 11.3. The van der Waals surface area contributed by atoms with E-state index in [2.05, 4.69) is 62.2 Å². The maximum atomic E-state index is 12.7. The van der Waals surface area contributed by atoms with Gasteiger partial charge in [-0.3, -0.25) is 4.79 Å². The van der Waals surface area contributed by atoms with E-state index in [0.717, 1.165) is 45.1 Å². The average molecular weight is 481 g/mol. The van der Waals surface area contributed by atoms with Crippen LogP contribution in [0.5, 0.6) is 0 Å². The lowest BCUT2D eigenvalue weighted by atomic mass is 10.1. The summed E-state index contributed by atoms with van der Waals surface area (Å²) in [5.74, 6) is 1.04. The molecule has 9 heteroatoms. The van der Waals surface area contributed by atoms with E-state index in [1.165, 1.54) is 16.9 Å². The van der Waals surface area contributed by atoms with Crippen molar-refractivity contribution in [3.8, 4) is 11.3 Å². The fourth-order valence-electron chi connectivity index (χ4n) is 3.98.